The van der Waals surface area contributed by atoms with E-state index in [0.29, 0.717) is 42.8 Å². The number of hydrogen-bond donors (Lipinski definition) is 3. The van der Waals surface area contributed by atoms with E-state index < -0.39 is 39.0 Å². The van der Waals surface area contributed by atoms with Crippen LogP contribution in [0.25, 0.3) is 11.1 Å². The Bertz CT molecular complexity index is 1800. The number of methoxy groups -OCH3 is 1. The quantitative estimate of drug-likeness (QED) is 0.208. The topological polar surface area (TPSA) is 136 Å². The first kappa shape index (κ1) is 32.7. The SMILES string of the molecule is COc1cccc(C(=O)NS(=O)(=O)c2ccc(-c3ccc4c(c3)CC[C@H](CNC[C@H](O)c3cccnc3)O4)cc2OC(F)(F)F)c1. The number of rotatable bonds is 11. The Balaban J connectivity index is 1.30. The fraction of sp³-hybridized carbons (Fsp3) is 0.250. The maximum absolute atomic E-state index is 13.4. The van der Waals surface area contributed by atoms with Crippen LogP contribution in [0.1, 0.15) is 34.0 Å². The number of ether oxygens (including phenoxy) is 3. The number of halogens is 3. The summed E-state index contributed by atoms with van der Waals surface area (Å²) in [6, 6.07) is 17.5. The zero-order valence-electron chi connectivity index (χ0n) is 24.5. The third kappa shape index (κ3) is 8.13. The minimum atomic E-state index is -5.21. The molecule has 1 amide bonds. The molecule has 46 heavy (non-hydrogen) atoms. The van der Waals surface area contributed by atoms with Crippen molar-refractivity contribution in [1.82, 2.24) is 15.0 Å². The third-order valence-electron chi connectivity index (χ3n) is 7.22. The number of alkyl halides is 3. The molecule has 0 spiro atoms. The van der Waals surface area contributed by atoms with E-state index in [1.54, 1.807) is 53.5 Å². The predicted octanol–water partition coefficient (Wildman–Crippen LogP) is 4.79. The lowest BCUT2D eigenvalue weighted by Crippen LogP contribution is -2.36. The highest BCUT2D eigenvalue weighted by Crippen LogP contribution is 2.37. The Morgan fingerprint density at radius 3 is 2.61 bits per heavy atom. The first-order valence-corrected chi connectivity index (χ1v) is 15.6. The third-order valence-corrected chi connectivity index (χ3v) is 8.59. The number of aryl methyl sites for hydroxylation is 1. The Kier molecular flexibility index (Phi) is 9.79. The molecule has 5 rings (SSSR count). The number of aliphatic hydroxyl groups excluding tert-OH is 1. The molecule has 0 fully saturated rings. The summed E-state index contributed by atoms with van der Waals surface area (Å²) >= 11 is 0. The molecular weight excluding hydrogens is 627 g/mol. The van der Waals surface area contributed by atoms with Crippen LogP contribution in [0.15, 0.2) is 90.1 Å². The Labute approximate surface area is 263 Å². The molecule has 4 aromatic rings. The molecule has 3 N–H and O–H groups in total. The van der Waals surface area contributed by atoms with Crippen LogP contribution in [0.2, 0.25) is 0 Å². The lowest BCUT2D eigenvalue weighted by Gasteiger charge is -2.27. The van der Waals surface area contributed by atoms with Gasteiger partial charge in [-0.1, -0.05) is 24.3 Å². The van der Waals surface area contributed by atoms with Gasteiger partial charge in [0.05, 0.1) is 13.2 Å². The van der Waals surface area contributed by atoms with Crippen LogP contribution < -0.4 is 24.2 Å². The van der Waals surface area contributed by atoms with Gasteiger partial charge in [0.15, 0.2) is 5.75 Å². The van der Waals surface area contributed by atoms with Crippen molar-refractivity contribution < 1.29 is 45.7 Å². The number of aliphatic hydroxyl groups is 1. The number of aromatic nitrogens is 1. The molecule has 14 heteroatoms. The van der Waals surface area contributed by atoms with Crippen molar-refractivity contribution in [2.75, 3.05) is 20.2 Å². The van der Waals surface area contributed by atoms with Gasteiger partial charge in [-0.05, 0) is 78.1 Å². The van der Waals surface area contributed by atoms with Gasteiger partial charge in [-0.25, -0.2) is 13.1 Å². The van der Waals surface area contributed by atoms with Gasteiger partial charge in [-0.15, -0.1) is 13.2 Å². The Hall–Kier alpha value is -4.66. The molecule has 242 valence electrons. The summed E-state index contributed by atoms with van der Waals surface area (Å²) in [5.74, 6) is -1.16. The molecule has 0 unspecified atom stereocenters. The molecule has 0 saturated carbocycles. The van der Waals surface area contributed by atoms with E-state index in [4.69, 9.17) is 9.47 Å². The van der Waals surface area contributed by atoms with E-state index in [9.17, 15) is 31.5 Å². The van der Waals surface area contributed by atoms with E-state index in [1.807, 2.05) is 0 Å². The zero-order valence-corrected chi connectivity index (χ0v) is 25.3. The molecule has 1 aliphatic heterocycles. The van der Waals surface area contributed by atoms with Crippen molar-refractivity contribution in [1.29, 1.82) is 0 Å². The second kappa shape index (κ2) is 13.8. The van der Waals surface area contributed by atoms with Crippen LogP contribution in [0.3, 0.4) is 0 Å². The van der Waals surface area contributed by atoms with Gasteiger partial charge in [0.25, 0.3) is 15.9 Å². The van der Waals surface area contributed by atoms with Crippen LogP contribution >= 0.6 is 0 Å². The maximum atomic E-state index is 13.4. The van der Waals surface area contributed by atoms with Crippen LogP contribution in [0.4, 0.5) is 13.2 Å². The maximum Gasteiger partial charge on any atom is 0.573 e. The van der Waals surface area contributed by atoms with Crippen molar-refractivity contribution in [3.05, 3.63) is 102 Å². The Morgan fingerprint density at radius 1 is 1.09 bits per heavy atom. The Morgan fingerprint density at radius 2 is 1.87 bits per heavy atom. The molecule has 2 atom stereocenters. The highest BCUT2D eigenvalue weighted by atomic mass is 32.2. The van der Waals surface area contributed by atoms with Crippen molar-refractivity contribution in [2.45, 2.75) is 36.3 Å². The number of pyridine rings is 1. The second-order valence-electron chi connectivity index (χ2n) is 10.4. The molecule has 10 nitrogen and oxygen atoms in total. The van der Waals surface area contributed by atoms with Crippen molar-refractivity contribution in [3.63, 3.8) is 0 Å². The number of nitrogens with one attached hydrogen (secondary N) is 2. The number of sulfonamides is 1. The van der Waals surface area contributed by atoms with Gasteiger partial charge in [0.2, 0.25) is 0 Å². The van der Waals surface area contributed by atoms with Crippen LogP contribution in [0, 0.1) is 0 Å². The summed E-state index contributed by atoms with van der Waals surface area (Å²) in [7, 11) is -3.43. The van der Waals surface area contributed by atoms with Gasteiger partial charge < -0.3 is 24.6 Å². The average molecular weight is 658 g/mol. The van der Waals surface area contributed by atoms with Gasteiger partial charge in [-0.2, -0.15) is 0 Å². The molecule has 0 saturated heterocycles. The van der Waals surface area contributed by atoms with E-state index in [0.717, 1.165) is 17.7 Å². The standard InChI is InChI=1S/C32H30F3N3O7S/c1-43-25-6-2-4-23(15-25)31(40)38-46(41,42)30-12-9-21(16-29(30)45-32(33,34)35)20-8-11-28-22(14-20)7-10-26(44-28)18-37-19-27(39)24-5-3-13-36-17-24/h2-6,8-9,11-17,26-27,37,39H,7,10,18-19H2,1H3,(H,38,40)/t26-,27+/m1/s1. The van der Waals surface area contributed by atoms with Crippen LogP contribution in [0.5, 0.6) is 17.2 Å². The number of carbonyl (C=O) groups excluding carboxylic acids is 1. The number of nitrogens with zero attached hydrogens (tertiary/aromatic N) is 1. The second-order valence-corrected chi connectivity index (χ2v) is 12.1. The van der Waals surface area contributed by atoms with Crippen molar-refractivity contribution in [2.24, 2.45) is 0 Å². The summed E-state index contributed by atoms with van der Waals surface area (Å²) < 4.78 is 83.3. The molecule has 0 bridgehead atoms. The van der Waals surface area contributed by atoms with Gasteiger partial charge >= 0.3 is 6.36 Å². The van der Waals surface area contributed by atoms with Gasteiger partial charge in [0, 0.05) is 36.6 Å². The summed E-state index contributed by atoms with van der Waals surface area (Å²) in [6.07, 6.45) is -1.59. The lowest BCUT2D eigenvalue weighted by atomic mass is 9.97. The minimum absolute atomic E-state index is 0.0746. The van der Waals surface area contributed by atoms with E-state index in [2.05, 4.69) is 15.0 Å². The molecule has 2 heterocycles. The highest BCUT2D eigenvalue weighted by molar-refractivity contribution is 7.90. The summed E-state index contributed by atoms with van der Waals surface area (Å²) in [6.45, 7) is 0.803. The minimum Gasteiger partial charge on any atom is -0.497 e. The van der Waals surface area contributed by atoms with Gasteiger partial charge in [0.1, 0.15) is 22.5 Å². The molecule has 1 aliphatic rings. The number of hydrogen-bond acceptors (Lipinski definition) is 9. The highest BCUT2D eigenvalue weighted by Gasteiger charge is 2.35. The first-order valence-electron chi connectivity index (χ1n) is 14.1. The summed E-state index contributed by atoms with van der Waals surface area (Å²) in [4.78, 5) is 15.8. The molecule has 0 aliphatic carbocycles. The summed E-state index contributed by atoms with van der Waals surface area (Å²) in [5, 5.41) is 13.5. The number of amides is 1. The summed E-state index contributed by atoms with van der Waals surface area (Å²) in [5.41, 5.74) is 2.21. The largest absolute Gasteiger partial charge is 0.573 e. The number of fused-ring (bicyclic) bond motifs is 1. The number of benzene rings is 3. The fourth-order valence-corrected chi connectivity index (χ4v) is 6.04. The average Bonchev–Trinajstić information content (AvgIpc) is 3.03. The molecule has 1 aromatic heterocycles. The van der Waals surface area contributed by atoms with Crippen molar-refractivity contribution >= 4 is 15.9 Å². The molecule has 0 radical (unpaired) electrons. The fourth-order valence-electron chi connectivity index (χ4n) is 4.95. The first-order chi connectivity index (χ1) is 21.9. The predicted molar refractivity (Wildman–Crippen MR) is 161 cm³/mol. The van der Waals surface area contributed by atoms with Crippen molar-refractivity contribution in [3.8, 4) is 28.4 Å². The van der Waals surface area contributed by atoms with E-state index in [-0.39, 0.29) is 23.0 Å². The number of carbonyl (C=O) groups is 1. The monoisotopic (exact) mass is 657 g/mol. The van der Waals surface area contributed by atoms with Crippen LogP contribution in [-0.2, 0) is 16.4 Å². The molecular formula is C32H30F3N3O7S. The van der Waals surface area contributed by atoms with Crippen LogP contribution in [-0.4, -0.2) is 57.1 Å². The van der Waals surface area contributed by atoms with E-state index >= 15 is 0 Å². The lowest BCUT2D eigenvalue weighted by molar-refractivity contribution is -0.275. The van der Waals surface area contributed by atoms with Gasteiger partial charge in [-0.3, -0.25) is 9.78 Å². The normalized spacial score (nSPS) is 15.3. The smallest absolute Gasteiger partial charge is 0.497 e. The zero-order chi connectivity index (χ0) is 32.9. The molecule has 3 aromatic carbocycles. The van der Waals surface area contributed by atoms with E-state index in [1.165, 1.54) is 31.4 Å².